The summed E-state index contributed by atoms with van der Waals surface area (Å²) in [7, 11) is 0. The van der Waals surface area contributed by atoms with Gasteiger partial charge in [0.05, 0.1) is 5.54 Å². The van der Waals surface area contributed by atoms with Crippen LogP contribution in [0.5, 0.6) is 0 Å². The normalized spacial score (nSPS) is 90.8. The van der Waals surface area contributed by atoms with Crippen LogP contribution < -0.4 is 11.1 Å². The van der Waals surface area contributed by atoms with Crippen LogP contribution in [0.4, 0.5) is 0 Å². The molecule has 1 heterocycles. The van der Waals surface area contributed by atoms with Crippen molar-refractivity contribution >= 4 is 0 Å². The zero-order valence-corrected chi connectivity index (χ0v) is 6.43. The Hall–Kier alpha value is -0.0800. The number of piperidine rings is 2. The number of hydrogen-bond acceptors (Lipinski definition) is 2. The molecule has 1 saturated heterocycles. The second kappa shape index (κ2) is 0.826. The van der Waals surface area contributed by atoms with Gasteiger partial charge in [-0.2, -0.15) is 0 Å². The molecule has 0 amide bonds. The van der Waals surface area contributed by atoms with E-state index in [1.807, 2.05) is 0 Å². The van der Waals surface area contributed by atoms with Gasteiger partial charge >= 0.3 is 0 Å². The molecule has 6 unspecified atom stereocenters. The average molecular weight is 148 g/mol. The number of nitrogens with one attached hydrogen (secondary N) is 1. The summed E-state index contributed by atoms with van der Waals surface area (Å²) in [5.41, 5.74) is 7.72. The quantitative estimate of drug-likeness (QED) is 0.501. The van der Waals surface area contributed by atoms with Crippen molar-refractivity contribution < 1.29 is 0 Å². The van der Waals surface area contributed by atoms with Crippen LogP contribution in [0, 0.1) is 17.8 Å². The largest absolute Gasteiger partial charge is 0.322 e. The number of fused-ring (bicyclic) bond motifs is 1. The van der Waals surface area contributed by atoms with E-state index in [1.54, 1.807) is 0 Å². The van der Waals surface area contributed by atoms with Crippen molar-refractivity contribution in [3.63, 3.8) is 0 Å². The first kappa shape index (κ1) is 4.83. The molecule has 5 aliphatic rings. The highest BCUT2D eigenvalue weighted by Gasteiger charge is 3.00. The van der Waals surface area contributed by atoms with E-state index in [4.69, 9.17) is 5.73 Å². The van der Waals surface area contributed by atoms with Crippen molar-refractivity contribution in [2.24, 2.45) is 23.5 Å². The molecule has 0 aromatic carbocycles. The minimum absolute atomic E-state index is 0.290. The zero-order valence-electron chi connectivity index (χ0n) is 6.43. The van der Waals surface area contributed by atoms with Gasteiger partial charge in [-0.05, 0) is 37.0 Å². The van der Waals surface area contributed by atoms with Gasteiger partial charge in [0.15, 0.2) is 0 Å². The molecule has 2 nitrogen and oxygen atoms in total. The Morgan fingerprint density at radius 1 is 1.27 bits per heavy atom. The van der Waals surface area contributed by atoms with Crippen molar-refractivity contribution in [3.05, 3.63) is 0 Å². The fraction of sp³-hybridized carbons (Fsp3) is 1.00. The van der Waals surface area contributed by atoms with Crippen LogP contribution >= 0.6 is 0 Å². The standard InChI is InChI=1S/C9H12N2/c10-8-2-4-1-5-6-3-7(6,8)11-9(4,5)8/h4-6,11H,1-3,10H2. The lowest BCUT2D eigenvalue weighted by molar-refractivity contribution is -0.209. The highest BCUT2D eigenvalue weighted by Crippen LogP contribution is 2.89. The average Bonchev–Trinajstić information content (AvgIpc) is 2.63. The van der Waals surface area contributed by atoms with Gasteiger partial charge in [-0.3, -0.25) is 0 Å². The van der Waals surface area contributed by atoms with Crippen LogP contribution in [0.3, 0.4) is 0 Å². The van der Waals surface area contributed by atoms with Crippen LogP contribution in [0.1, 0.15) is 19.3 Å². The molecule has 5 fully saturated rings. The third-order valence-corrected chi connectivity index (χ3v) is 5.80. The number of nitrogens with two attached hydrogens (primary N) is 1. The Morgan fingerprint density at radius 2 is 2.18 bits per heavy atom. The lowest BCUT2D eigenvalue weighted by atomic mass is 9.36. The maximum atomic E-state index is 6.43. The first-order chi connectivity index (χ1) is 5.25. The zero-order chi connectivity index (χ0) is 7.06. The van der Waals surface area contributed by atoms with Gasteiger partial charge in [-0.1, -0.05) is 0 Å². The Kier molecular flexibility index (Phi) is 0.362. The summed E-state index contributed by atoms with van der Waals surface area (Å²) in [5.74, 6) is 2.99. The highest BCUT2D eigenvalue weighted by atomic mass is 15.4. The third kappa shape index (κ3) is 0.185. The Balaban J connectivity index is 1.90. The van der Waals surface area contributed by atoms with Crippen molar-refractivity contribution in [2.45, 2.75) is 35.9 Å². The molecule has 4 aliphatic carbocycles. The molecule has 4 saturated carbocycles. The molecule has 0 aromatic heterocycles. The SMILES string of the molecule is NC12CC3CC4C5CC51NC342. The highest BCUT2D eigenvalue weighted by molar-refractivity contribution is 5.59. The molecule has 1 aliphatic heterocycles. The molecule has 3 N–H and O–H groups in total. The fourth-order valence-corrected chi connectivity index (χ4v) is 5.37. The molecule has 5 rings (SSSR count). The van der Waals surface area contributed by atoms with E-state index < -0.39 is 0 Å². The summed E-state index contributed by atoms with van der Waals surface area (Å²) in [5, 5.41) is 3.80. The van der Waals surface area contributed by atoms with E-state index in [9.17, 15) is 0 Å². The Morgan fingerprint density at radius 3 is 2.73 bits per heavy atom. The summed E-state index contributed by atoms with van der Waals surface area (Å²) in [4.78, 5) is 0. The van der Waals surface area contributed by atoms with Crippen molar-refractivity contribution in [3.8, 4) is 0 Å². The molecule has 58 valence electrons. The third-order valence-electron chi connectivity index (χ3n) is 5.80. The lowest BCUT2D eigenvalue weighted by Gasteiger charge is -2.79. The topological polar surface area (TPSA) is 38.0 Å². The van der Waals surface area contributed by atoms with Gasteiger partial charge in [-0.25, -0.2) is 0 Å². The van der Waals surface area contributed by atoms with Gasteiger partial charge in [0.1, 0.15) is 0 Å². The van der Waals surface area contributed by atoms with Crippen LogP contribution in [-0.4, -0.2) is 16.6 Å². The second-order valence-electron chi connectivity index (χ2n) is 5.49. The van der Waals surface area contributed by atoms with Gasteiger partial charge < -0.3 is 11.1 Å². The van der Waals surface area contributed by atoms with Gasteiger partial charge in [0, 0.05) is 11.1 Å². The molecule has 0 radical (unpaired) electrons. The molecular formula is C9H12N2. The number of rotatable bonds is 0. The van der Waals surface area contributed by atoms with E-state index in [0.29, 0.717) is 11.1 Å². The summed E-state index contributed by atoms with van der Waals surface area (Å²) in [6.45, 7) is 0. The maximum Gasteiger partial charge on any atom is 0.0535 e. The Bertz CT molecular complexity index is 315. The van der Waals surface area contributed by atoms with Gasteiger partial charge in [0.25, 0.3) is 0 Å². The van der Waals surface area contributed by atoms with E-state index in [2.05, 4.69) is 5.32 Å². The van der Waals surface area contributed by atoms with Crippen molar-refractivity contribution in [2.75, 3.05) is 0 Å². The van der Waals surface area contributed by atoms with Crippen LogP contribution in [0.2, 0.25) is 0 Å². The van der Waals surface area contributed by atoms with Gasteiger partial charge in [0.2, 0.25) is 0 Å². The predicted molar refractivity (Wildman–Crippen MR) is 39.8 cm³/mol. The first-order valence-corrected chi connectivity index (χ1v) is 4.83. The predicted octanol–water partition coefficient (Wildman–Crippen LogP) is -0.162. The van der Waals surface area contributed by atoms with Crippen molar-refractivity contribution in [1.29, 1.82) is 0 Å². The maximum absolute atomic E-state index is 6.43. The summed E-state index contributed by atoms with van der Waals surface area (Å²) in [6, 6.07) is 0. The molecule has 6 atom stereocenters. The monoisotopic (exact) mass is 148 g/mol. The minimum atomic E-state index is 0.290. The minimum Gasteiger partial charge on any atom is -0.322 e. The van der Waals surface area contributed by atoms with E-state index >= 15 is 0 Å². The molecule has 0 aromatic rings. The second-order valence-corrected chi connectivity index (χ2v) is 5.49. The van der Waals surface area contributed by atoms with E-state index in [1.165, 1.54) is 19.3 Å². The van der Waals surface area contributed by atoms with Crippen molar-refractivity contribution in [1.82, 2.24) is 5.32 Å². The fourth-order valence-electron chi connectivity index (χ4n) is 5.37. The van der Waals surface area contributed by atoms with E-state index in [-0.39, 0.29) is 5.54 Å². The smallest absolute Gasteiger partial charge is 0.0535 e. The Labute approximate surface area is 65.5 Å². The summed E-state index contributed by atoms with van der Waals surface area (Å²) < 4.78 is 0. The molecule has 2 heteroatoms. The first-order valence-electron chi connectivity index (χ1n) is 4.83. The van der Waals surface area contributed by atoms with Gasteiger partial charge in [-0.15, -0.1) is 0 Å². The summed E-state index contributed by atoms with van der Waals surface area (Å²) in [6.07, 6.45) is 4.24. The lowest BCUT2D eigenvalue weighted by Crippen LogP contribution is -2.99. The molecule has 11 heavy (non-hydrogen) atoms. The van der Waals surface area contributed by atoms with Crippen LogP contribution in [0.15, 0.2) is 0 Å². The molecule has 2 spiro atoms. The molecular weight excluding hydrogens is 136 g/mol. The number of hydrogen-bond donors (Lipinski definition) is 2. The van der Waals surface area contributed by atoms with Crippen LogP contribution in [-0.2, 0) is 0 Å². The van der Waals surface area contributed by atoms with Crippen LogP contribution in [0.25, 0.3) is 0 Å². The molecule has 2 bridgehead atoms. The summed E-state index contributed by atoms with van der Waals surface area (Å²) >= 11 is 0. The van der Waals surface area contributed by atoms with E-state index in [0.717, 1.165) is 17.8 Å².